The summed E-state index contributed by atoms with van der Waals surface area (Å²) in [6, 6.07) is 7.33. The van der Waals surface area contributed by atoms with Gasteiger partial charge in [-0.25, -0.2) is 0 Å². The van der Waals surface area contributed by atoms with Gasteiger partial charge in [0.25, 0.3) is 0 Å². The standard InChI is InChI=1S/C15H21ClN4O/c1-11(7-8-17)20(2)9-3-4-15(21)19-14-6-5-12(16)10-13(14)18/h5-6,10-11H,3-4,7,9,18H2,1-2H3,(H,19,21). The highest BCUT2D eigenvalue weighted by Crippen LogP contribution is 2.22. The molecule has 1 amide bonds. The normalized spacial score (nSPS) is 12.0. The number of carbonyl (C=O) groups is 1. The lowest BCUT2D eigenvalue weighted by Gasteiger charge is -2.22. The van der Waals surface area contributed by atoms with Crippen molar-refractivity contribution in [2.75, 3.05) is 24.6 Å². The van der Waals surface area contributed by atoms with Crippen LogP contribution >= 0.6 is 11.6 Å². The zero-order valence-corrected chi connectivity index (χ0v) is 13.2. The number of hydrogen-bond donors (Lipinski definition) is 2. The van der Waals surface area contributed by atoms with Gasteiger partial charge in [-0.1, -0.05) is 11.6 Å². The van der Waals surface area contributed by atoms with E-state index in [4.69, 9.17) is 22.6 Å². The van der Waals surface area contributed by atoms with E-state index in [2.05, 4.69) is 16.3 Å². The molecule has 0 aromatic heterocycles. The van der Waals surface area contributed by atoms with E-state index < -0.39 is 0 Å². The van der Waals surface area contributed by atoms with Crippen LogP contribution in [0, 0.1) is 11.3 Å². The van der Waals surface area contributed by atoms with Gasteiger partial charge in [-0.2, -0.15) is 5.26 Å². The summed E-state index contributed by atoms with van der Waals surface area (Å²) in [6.45, 7) is 2.77. The van der Waals surface area contributed by atoms with Gasteiger partial charge in [0, 0.05) is 17.5 Å². The number of halogens is 1. The molecule has 1 aromatic rings. The Morgan fingerprint density at radius 3 is 2.90 bits per heavy atom. The van der Waals surface area contributed by atoms with Crippen molar-refractivity contribution in [1.29, 1.82) is 5.26 Å². The molecule has 114 valence electrons. The Kier molecular flexibility index (Phi) is 7.00. The lowest BCUT2D eigenvalue weighted by atomic mass is 10.2. The molecule has 21 heavy (non-hydrogen) atoms. The monoisotopic (exact) mass is 308 g/mol. The van der Waals surface area contributed by atoms with Crippen LogP contribution in [0.25, 0.3) is 0 Å². The summed E-state index contributed by atoms with van der Waals surface area (Å²) in [4.78, 5) is 13.9. The molecule has 0 heterocycles. The molecule has 0 aliphatic heterocycles. The number of nitrogens with zero attached hydrogens (tertiary/aromatic N) is 2. The van der Waals surface area contributed by atoms with E-state index in [0.29, 0.717) is 29.2 Å². The van der Waals surface area contributed by atoms with Gasteiger partial charge in [-0.15, -0.1) is 0 Å². The van der Waals surface area contributed by atoms with Crippen molar-refractivity contribution >= 4 is 28.9 Å². The van der Waals surface area contributed by atoms with Crippen molar-refractivity contribution in [3.63, 3.8) is 0 Å². The number of carbonyl (C=O) groups excluding carboxylic acids is 1. The fourth-order valence-electron chi connectivity index (χ4n) is 1.86. The average Bonchev–Trinajstić information content (AvgIpc) is 2.42. The van der Waals surface area contributed by atoms with Crippen molar-refractivity contribution in [1.82, 2.24) is 4.90 Å². The van der Waals surface area contributed by atoms with Crippen LogP contribution in [0.2, 0.25) is 5.02 Å². The van der Waals surface area contributed by atoms with Gasteiger partial charge in [-0.05, 0) is 45.1 Å². The number of nitrogens with two attached hydrogens (primary N) is 1. The Labute approximate surface area is 130 Å². The Morgan fingerprint density at radius 2 is 2.29 bits per heavy atom. The smallest absolute Gasteiger partial charge is 0.224 e. The second-order valence-electron chi connectivity index (χ2n) is 5.08. The second-order valence-corrected chi connectivity index (χ2v) is 5.51. The molecule has 0 aliphatic carbocycles. The highest BCUT2D eigenvalue weighted by atomic mass is 35.5. The molecule has 0 saturated carbocycles. The van der Waals surface area contributed by atoms with Gasteiger partial charge in [0.15, 0.2) is 0 Å². The van der Waals surface area contributed by atoms with Gasteiger partial charge in [0.05, 0.1) is 23.9 Å². The molecule has 0 fully saturated rings. The maximum Gasteiger partial charge on any atom is 0.224 e. The topological polar surface area (TPSA) is 82.2 Å². The maximum absolute atomic E-state index is 11.9. The first-order valence-electron chi connectivity index (χ1n) is 6.86. The number of nitrogen functional groups attached to an aromatic ring is 1. The summed E-state index contributed by atoms with van der Waals surface area (Å²) >= 11 is 5.81. The fraction of sp³-hybridized carbons (Fsp3) is 0.467. The third kappa shape index (κ3) is 6.03. The molecular formula is C15H21ClN4O. The van der Waals surface area contributed by atoms with Crippen LogP contribution in [0.5, 0.6) is 0 Å². The van der Waals surface area contributed by atoms with E-state index in [0.717, 1.165) is 13.0 Å². The van der Waals surface area contributed by atoms with Gasteiger partial charge < -0.3 is 16.0 Å². The van der Waals surface area contributed by atoms with E-state index >= 15 is 0 Å². The van der Waals surface area contributed by atoms with Gasteiger partial charge in [0.1, 0.15) is 0 Å². The number of rotatable bonds is 7. The van der Waals surface area contributed by atoms with Crippen LogP contribution in [0.3, 0.4) is 0 Å². The van der Waals surface area contributed by atoms with E-state index in [9.17, 15) is 4.79 Å². The largest absolute Gasteiger partial charge is 0.397 e. The summed E-state index contributed by atoms with van der Waals surface area (Å²) in [5.41, 5.74) is 6.82. The fourth-order valence-corrected chi connectivity index (χ4v) is 2.04. The molecule has 1 rings (SSSR count). The molecule has 6 heteroatoms. The Hall–Kier alpha value is -1.77. The van der Waals surface area contributed by atoms with Crippen molar-refractivity contribution in [3.05, 3.63) is 23.2 Å². The average molecular weight is 309 g/mol. The quantitative estimate of drug-likeness (QED) is 0.759. The van der Waals surface area contributed by atoms with Gasteiger partial charge >= 0.3 is 0 Å². The van der Waals surface area contributed by atoms with Crippen molar-refractivity contribution in [2.24, 2.45) is 0 Å². The maximum atomic E-state index is 11.9. The molecule has 0 radical (unpaired) electrons. The summed E-state index contributed by atoms with van der Waals surface area (Å²) in [6.07, 6.45) is 1.63. The van der Waals surface area contributed by atoms with Crippen LogP contribution < -0.4 is 11.1 Å². The first-order valence-corrected chi connectivity index (χ1v) is 7.24. The van der Waals surface area contributed by atoms with Crippen molar-refractivity contribution < 1.29 is 4.79 Å². The molecule has 0 bridgehead atoms. The molecule has 3 N–H and O–H groups in total. The minimum atomic E-state index is -0.0784. The summed E-state index contributed by atoms with van der Waals surface area (Å²) in [7, 11) is 1.96. The minimum Gasteiger partial charge on any atom is -0.397 e. The summed E-state index contributed by atoms with van der Waals surface area (Å²) in [5.74, 6) is -0.0784. The molecule has 1 aromatic carbocycles. The predicted molar refractivity (Wildman–Crippen MR) is 86.1 cm³/mol. The molecule has 1 unspecified atom stereocenters. The van der Waals surface area contributed by atoms with Crippen LogP contribution in [0.15, 0.2) is 18.2 Å². The predicted octanol–water partition coefficient (Wildman–Crippen LogP) is 2.87. The van der Waals surface area contributed by atoms with Crippen molar-refractivity contribution in [2.45, 2.75) is 32.2 Å². The highest BCUT2D eigenvalue weighted by molar-refractivity contribution is 6.31. The Balaban J connectivity index is 2.36. The zero-order valence-electron chi connectivity index (χ0n) is 12.4. The van der Waals surface area contributed by atoms with Crippen LogP contribution in [-0.2, 0) is 4.79 Å². The van der Waals surface area contributed by atoms with E-state index in [-0.39, 0.29) is 11.9 Å². The molecule has 1 atom stereocenters. The summed E-state index contributed by atoms with van der Waals surface area (Å²) < 4.78 is 0. The first kappa shape index (κ1) is 17.3. The Bertz CT molecular complexity index is 527. The van der Waals surface area contributed by atoms with Gasteiger partial charge in [0.2, 0.25) is 5.91 Å². The SMILES string of the molecule is CC(CC#N)N(C)CCCC(=O)Nc1ccc(Cl)cc1N. The van der Waals surface area contributed by atoms with Gasteiger partial charge in [-0.3, -0.25) is 4.79 Å². The van der Waals surface area contributed by atoms with E-state index in [1.165, 1.54) is 0 Å². The van der Waals surface area contributed by atoms with Crippen LogP contribution in [0.1, 0.15) is 26.2 Å². The van der Waals surface area contributed by atoms with E-state index in [1.807, 2.05) is 14.0 Å². The minimum absolute atomic E-state index is 0.0784. The van der Waals surface area contributed by atoms with Crippen LogP contribution in [0.4, 0.5) is 11.4 Å². The third-order valence-corrected chi connectivity index (χ3v) is 3.58. The number of hydrogen-bond acceptors (Lipinski definition) is 4. The molecule has 0 spiro atoms. The Morgan fingerprint density at radius 1 is 1.57 bits per heavy atom. The number of nitriles is 1. The van der Waals surface area contributed by atoms with Crippen LogP contribution in [-0.4, -0.2) is 30.4 Å². The lowest BCUT2D eigenvalue weighted by molar-refractivity contribution is -0.116. The summed E-state index contributed by atoms with van der Waals surface area (Å²) in [5, 5.41) is 12.0. The molecular weight excluding hydrogens is 288 g/mol. The third-order valence-electron chi connectivity index (χ3n) is 3.34. The lowest BCUT2D eigenvalue weighted by Crippen LogP contribution is -2.30. The number of benzene rings is 1. The number of anilines is 2. The zero-order chi connectivity index (χ0) is 15.8. The molecule has 0 aliphatic rings. The second kappa shape index (κ2) is 8.50. The first-order chi connectivity index (χ1) is 9.93. The van der Waals surface area contributed by atoms with E-state index in [1.54, 1.807) is 18.2 Å². The molecule has 5 nitrogen and oxygen atoms in total. The number of nitrogens with one attached hydrogen (secondary N) is 1. The number of amides is 1. The van der Waals surface area contributed by atoms with Crippen molar-refractivity contribution in [3.8, 4) is 6.07 Å². The highest BCUT2D eigenvalue weighted by Gasteiger charge is 2.10. The molecule has 0 saturated heterocycles.